The maximum atomic E-state index is 13.1. The van der Waals surface area contributed by atoms with E-state index in [0.717, 1.165) is 18.4 Å². The number of benzene rings is 2. The van der Waals surface area contributed by atoms with Gasteiger partial charge in [-0.1, -0.05) is 11.2 Å². The average molecular weight is 425 g/mol. The van der Waals surface area contributed by atoms with Crippen LogP contribution in [0, 0.1) is 5.82 Å². The predicted octanol–water partition coefficient (Wildman–Crippen LogP) is 4.19. The van der Waals surface area contributed by atoms with Crippen molar-refractivity contribution in [1.29, 1.82) is 0 Å². The highest BCUT2D eigenvalue weighted by molar-refractivity contribution is 5.77. The molecule has 4 rings (SSSR count). The van der Waals surface area contributed by atoms with Gasteiger partial charge in [-0.3, -0.25) is 4.79 Å². The first-order valence-electron chi connectivity index (χ1n) is 10.2. The number of likely N-dealkylation sites (tertiary alicyclic amines) is 1. The molecular formula is C23H24FN3O4. The molecular weight excluding hydrogens is 401 g/mol. The molecule has 0 aliphatic carbocycles. The molecule has 0 saturated carbocycles. The lowest BCUT2D eigenvalue weighted by atomic mass is 10.0. The second-order valence-electron chi connectivity index (χ2n) is 7.38. The minimum atomic E-state index is -0.326. The third-order valence-electron chi connectivity index (χ3n) is 5.49. The summed E-state index contributed by atoms with van der Waals surface area (Å²) in [4.78, 5) is 19.2. The van der Waals surface area contributed by atoms with Gasteiger partial charge in [-0.05, 0) is 54.8 Å². The van der Waals surface area contributed by atoms with E-state index in [-0.39, 0.29) is 24.2 Å². The maximum Gasteiger partial charge on any atom is 0.227 e. The highest BCUT2D eigenvalue weighted by Crippen LogP contribution is 2.37. The Bertz CT molecular complexity index is 1050. The van der Waals surface area contributed by atoms with E-state index in [4.69, 9.17) is 14.0 Å². The van der Waals surface area contributed by atoms with Gasteiger partial charge in [0.05, 0.1) is 20.3 Å². The summed E-state index contributed by atoms with van der Waals surface area (Å²) < 4.78 is 29.1. The standard InChI is InChI=1S/C23H24FN3O4/c1-29-19-10-7-16(14-20(19)30-2)18-4-3-13-27(18)22(28)12-11-21-25-23(26-31-21)15-5-8-17(24)9-6-15/h5-10,14,18H,3-4,11-13H2,1-2H3/t18-/m1/s1. The SMILES string of the molecule is COc1ccc([C@H]2CCCN2C(=O)CCc2nc(-c3ccc(F)cc3)no2)cc1OC. The van der Waals surface area contributed by atoms with Gasteiger partial charge in [0, 0.05) is 24.9 Å². The minimum Gasteiger partial charge on any atom is -0.493 e. The van der Waals surface area contributed by atoms with Gasteiger partial charge in [-0.2, -0.15) is 4.98 Å². The Labute approximate surface area is 179 Å². The zero-order valence-electron chi connectivity index (χ0n) is 17.5. The molecule has 3 aromatic rings. The molecule has 2 aromatic carbocycles. The summed E-state index contributed by atoms with van der Waals surface area (Å²) in [6, 6.07) is 11.6. The number of aryl methyl sites for hydroxylation is 1. The zero-order valence-corrected chi connectivity index (χ0v) is 17.5. The summed E-state index contributed by atoms with van der Waals surface area (Å²) in [5, 5.41) is 3.93. The molecule has 7 nitrogen and oxygen atoms in total. The number of halogens is 1. The Morgan fingerprint density at radius 3 is 2.68 bits per heavy atom. The highest BCUT2D eigenvalue weighted by atomic mass is 19.1. The van der Waals surface area contributed by atoms with Crippen LogP contribution in [0.25, 0.3) is 11.4 Å². The first-order chi connectivity index (χ1) is 15.1. The largest absolute Gasteiger partial charge is 0.493 e. The number of aromatic nitrogens is 2. The fourth-order valence-electron chi connectivity index (χ4n) is 3.90. The third kappa shape index (κ3) is 4.52. The summed E-state index contributed by atoms with van der Waals surface area (Å²) in [5.41, 5.74) is 1.69. The van der Waals surface area contributed by atoms with Crippen LogP contribution in [-0.2, 0) is 11.2 Å². The quantitative estimate of drug-likeness (QED) is 0.565. The third-order valence-corrected chi connectivity index (χ3v) is 5.49. The Kier molecular flexibility index (Phi) is 6.16. The minimum absolute atomic E-state index is 0.00441. The Hall–Kier alpha value is -3.42. The van der Waals surface area contributed by atoms with E-state index in [0.29, 0.717) is 41.7 Å². The van der Waals surface area contributed by atoms with Crippen molar-refractivity contribution in [3.8, 4) is 22.9 Å². The number of ether oxygens (including phenoxy) is 2. The second kappa shape index (κ2) is 9.16. The number of rotatable bonds is 7. The van der Waals surface area contributed by atoms with Crippen LogP contribution in [0.1, 0.15) is 36.8 Å². The number of carbonyl (C=O) groups is 1. The zero-order chi connectivity index (χ0) is 21.8. The fraction of sp³-hybridized carbons (Fsp3) is 0.348. The smallest absolute Gasteiger partial charge is 0.227 e. The van der Waals surface area contributed by atoms with E-state index in [9.17, 15) is 9.18 Å². The molecule has 1 aliphatic rings. The Morgan fingerprint density at radius 2 is 1.94 bits per heavy atom. The van der Waals surface area contributed by atoms with Crippen LogP contribution in [0.3, 0.4) is 0 Å². The molecule has 1 saturated heterocycles. The molecule has 31 heavy (non-hydrogen) atoms. The molecule has 1 aromatic heterocycles. The van der Waals surface area contributed by atoms with E-state index in [1.54, 1.807) is 26.4 Å². The van der Waals surface area contributed by atoms with Crippen molar-refractivity contribution in [3.05, 3.63) is 59.7 Å². The lowest BCUT2D eigenvalue weighted by molar-refractivity contribution is -0.132. The topological polar surface area (TPSA) is 77.7 Å². The lowest BCUT2D eigenvalue weighted by Gasteiger charge is -2.25. The molecule has 8 heteroatoms. The molecule has 0 radical (unpaired) electrons. The Morgan fingerprint density at radius 1 is 1.16 bits per heavy atom. The molecule has 0 spiro atoms. The van der Waals surface area contributed by atoms with Crippen LogP contribution in [0.2, 0.25) is 0 Å². The summed E-state index contributed by atoms with van der Waals surface area (Å²) in [6.07, 6.45) is 2.47. The lowest BCUT2D eigenvalue weighted by Crippen LogP contribution is -2.30. The molecule has 0 unspecified atom stereocenters. The first-order valence-corrected chi connectivity index (χ1v) is 10.2. The van der Waals surface area contributed by atoms with E-state index in [2.05, 4.69) is 10.1 Å². The summed E-state index contributed by atoms with van der Waals surface area (Å²) in [6.45, 7) is 0.711. The van der Waals surface area contributed by atoms with E-state index in [1.807, 2.05) is 23.1 Å². The van der Waals surface area contributed by atoms with Crippen molar-refractivity contribution in [3.63, 3.8) is 0 Å². The first kappa shape index (κ1) is 20.8. The van der Waals surface area contributed by atoms with Crippen molar-refractivity contribution in [1.82, 2.24) is 15.0 Å². The van der Waals surface area contributed by atoms with Gasteiger partial charge in [0.1, 0.15) is 5.82 Å². The molecule has 1 aliphatic heterocycles. The average Bonchev–Trinajstić information content (AvgIpc) is 3.47. The van der Waals surface area contributed by atoms with E-state index in [1.165, 1.54) is 12.1 Å². The number of methoxy groups -OCH3 is 2. The van der Waals surface area contributed by atoms with Gasteiger partial charge in [0.15, 0.2) is 11.5 Å². The van der Waals surface area contributed by atoms with Crippen LogP contribution >= 0.6 is 0 Å². The number of hydrogen-bond donors (Lipinski definition) is 0. The van der Waals surface area contributed by atoms with Gasteiger partial charge >= 0.3 is 0 Å². The maximum absolute atomic E-state index is 13.1. The summed E-state index contributed by atoms with van der Waals surface area (Å²) in [5.74, 6) is 1.79. The van der Waals surface area contributed by atoms with Crippen LogP contribution in [0.5, 0.6) is 11.5 Å². The van der Waals surface area contributed by atoms with Crippen molar-refractivity contribution in [2.24, 2.45) is 0 Å². The van der Waals surface area contributed by atoms with Gasteiger partial charge < -0.3 is 18.9 Å². The van der Waals surface area contributed by atoms with Crippen molar-refractivity contribution >= 4 is 5.91 Å². The molecule has 0 bridgehead atoms. The van der Waals surface area contributed by atoms with Crippen molar-refractivity contribution in [2.75, 3.05) is 20.8 Å². The highest BCUT2D eigenvalue weighted by Gasteiger charge is 2.30. The van der Waals surface area contributed by atoms with E-state index < -0.39 is 0 Å². The van der Waals surface area contributed by atoms with Crippen LogP contribution in [0.4, 0.5) is 4.39 Å². The van der Waals surface area contributed by atoms with Gasteiger partial charge in [-0.15, -0.1) is 0 Å². The second-order valence-corrected chi connectivity index (χ2v) is 7.38. The van der Waals surface area contributed by atoms with Crippen molar-refractivity contribution in [2.45, 2.75) is 31.7 Å². The van der Waals surface area contributed by atoms with Gasteiger partial charge in [0.25, 0.3) is 0 Å². The molecule has 162 valence electrons. The van der Waals surface area contributed by atoms with Crippen LogP contribution < -0.4 is 9.47 Å². The van der Waals surface area contributed by atoms with E-state index >= 15 is 0 Å². The Balaban J connectivity index is 1.41. The molecule has 1 fully saturated rings. The normalized spacial score (nSPS) is 15.8. The predicted molar refractivity (Wildman–Crippen MR) is 111 cm³/mol. The monoisotopic (exact) mass is 425 g/mol. The van der Waals surface area contributed by atoms with Crippen molar-refractivity contribution < 1.29 is 23.2 Å². The molecule has 2 heterocycles. The summed E-state index contributed by atoms with van der Waals surface area (Å²) in [7, 11) is 3.20. The number of carbonyl (C=O) groups excluding carboxylic acids is 1. The molecule has 1 atom stereocenters. The number of amides is 1. The summed E-state index contributed by atoms with van der Waals surface area (Å²) >= 11 is 0. The van der Waals surface area contributed by atoms with Crippen LogP contribution in [0.15, 0.2) is 47.0 Å². The fourth-order valence-corrected chi connectivity index (χ4v) is 3.90. The number of hydrogen-bond acceptors (Lipinski definition) is 6. The molecule has 1 amide bonds. The molecule has 0 N–H and O–H groups in total. The van der Waals surface area contributed by atoms with Gasteiger partial charge in [-0.25, -0.2) is 4.39 Å². The van der Waals surface area contributed by atoms with Gasteiger partial charge in [0.2, 0.25) is 17.6 Å². The number of nitrogens with zero attached hydrogens (tertiary/aromatic N) is 3. The van der Waals surface area contributed by atoms with Crippen LogP contribution in [-0.4, -0.2) is 41.7 Å².